The second-order valence-corrected chi connectivity index (χ2v) is 4.07. The monoisotopic (exact) mass is 278 g/mol. The molecule has 0 aromatic heterocycles. The van der Waals surface area contributed by atoms with Gasteiger partial charge in [-0.05, 0) is 46.3 Å². The Hall–Kier alpha value is -1.48. The van der Waals surface area contributed by atoms with Crippen molar-refractivity contribution < 1.29 is 9.47 Å². The van der Waals surface area contributed by atoms with E-state index in [9.17, 15) is 0 Å². The number of halogens is 1. The maximum atomic E-state index is 5.67. The minimum absolute atomic E-state index is 0.777. The fourth-order valence-electron chi connectivity index (χ4n) is 1.34. The van der Waals surface area contributed by atoms with Gasteiger partial charge >= 0.3 is 0 Å². The van der Waals surface area contributed by atoms with E-state index < -0.39 is 0 Å². The van der Waals surface area contributed by atoms with Crippen molar-refractivity contribution in [2.75, 3.05) is 7.11 Å². The first-order chi connectivity index (χ1) is 7.79. The van der Waals surface area contributed by atoms with E-state index >= 15 is 0 Å². The van der Waals surface area contributed by atoms with Crippen LogP contribution in [-0.4, -0.2) is 7.11 Å². The lowest BCUT2D eigenvalue weighted by Crippen LogP contribution is -1.87. The van der Waals surface area contributed by atoms with E-state index in [0.29, 0.717) is 0 Å². The Morgan fingerprint density at radius 1 is 0.938 bits per heavy atom. The summed E-state index contributed by atoms with van der Waals surface area (Å²) in [6.07, 6.45) is 0. The van der Waals surface area contributed by atoms with Crippen molar-refractivity contribution >= 4 is 15.9 Å². The van der Waals surface area contributed by atoms with Crippen molar-refractivity contribution in [1.29, 1.82) is 0 Å². The number of hydrogen-bond donors (Lipinski definition) is 0. The lowest BCUT2D eigenvalue weighted by atomic mass is 10.3. The molecule has 0 saturated carbocycles. The highest BCUT2D eigenvalue weighted by Gasteiger charge is 2.02. The first-order valence-electron chi connectivity index (χ1n) is 4.86. The van der Waals surface area contributed by atoms with Crippen molar-refractivity contribution in [2.45, 2.75) is 0 Å². The Morgan fingerprint density at radius 2 is 1.69 bits per heavy atom. The van der Waals surface area contributed by atoms with E-state index in [4.69, 9.17) is 9.47 Å². The van der Waals surface area contributed by atoms with E-state index in [-0.39, 0.29) is 0 Å². The number of methoxy groups -OCH3 is 1. The molecule has 0 fully saturated rings. The summed E-state index contributed by atoms with van der Waals surface area (Å²) in [6.45, 7) is 0. The fraction of sp³-hybridized carbons (Fsp3) is 0.0769. The van der Waals surface area contributed by atoms with E-state index in [1.807, 2.05) is 48.5 Å². The standard InChI is InChI=1S/C13H11BrO2/c1-15-13-8-7-11(9-12(13)14)16-10-5-3-2-4-6-10/h2-9H,1H3. The highest BCUT2D eigenvalue weighted by atomic mass is 79.9. The molecule has 0 unspecified atom stereocenters. The maximum Gasteiger partial charge on any atom is 0.133 e. The summed E-state index contributed by atoms with van der Waals surface area (Å²) in [5.74, 6) is 2.39. The Bertz CT molecular complexity index is 469. The summed E-state index contributed by atoms with van der Waals surface area (Å²) in [4.78, 5) is 0. The van der Waals surface area contributed by atoms with Gasteiger partial charge in [0, 0.05) is 0 Å². The van der Waals surface area contributed by atoms with Crippen molar-refractivity contribution in [3.05, 3.63) is 53.0 Å². The molecule has 16 heavy (non-hydrogen) atoms. The van der Waals surface area contributed by atoms with Crippen LogP contribution in [-0.2, 0) is 0 Å². The Morgan fingerprint density at radius 3 is 2.31 bits per heavy atom. The third-order valence-electron chi connectivity index (χ3n) is 2.10. The smallest absolute Gasteiger partial charge is 0.133 e. The Kier molecular flexibility index (Phi) is 3.47. The van der Waals surface area contributed by atoms with E-state index in [0.717, 1.165) is 21.7 Å². The lowest BCUT2D eigenvalue weighted by Gasteiger charge is -2.08. The lowest BCUT2D eigenvalue weighted by molar-refractivity contribution is 0.410. The molecular weight excluding hydrogens is 268 g/mol. The van der Waals surface area contributed by atoms with Gasteiger partial charge in [-0.15, -0.1) is 0 Å². The normalized spacial score (nSPS) is 9.88. The van der Waals surface area contributed by atoms with Gasteiger partial charge < -0.3 is 9.47 Å². The third-order valence-corrected chi connectivity index (χ3v) is 2.72. The van der Waals surface area contributed by atoms with E-state index in [1.165, 1.54) is 0 Å². The summed E-state index contributed by atoms with van der Waals surface area (Å²) in [5, 5.41) is 0. The van der Waals surface area contributed by atoms with Gasteiger partial charge in [-0.25, -0.2) is 0 Å². The molecule has 0 radical (unpaired) electrons. The number of rotatable bonds is 3. The van der Waals surface area contributed by atoms with Gasteiger partial charge in [0.1, 0.15) is 17.2 Å². The van der Waals surface area contributed by atoms with Gasteiger partial charge in [0.2, 0.25) is 0 Å². The average Bonchev–Trinajstić information content (AvgIpc) is 2.31. The van der Waals surface area contributed by atoms with Gasteiger partial charge in [-0.3, -0.25) is 0 Å². The van der Waals surface area contributed by atoms with Gasteiger partial charge in [-0.1, -0.05) is 18.2 Å². The summed E-state index contributed by atoms with van der Waals surface area (Å²) < 4.78 is 11.7. The number of benzene rings is 2. The van der Waals surface area contributed by atoms with Crippen LogP contribution in [0.25, 0.3) is 0 Å². The predicted octanol–water partition coefficient (Wildman–Crippen LogP) is 4.25. The molecule has 0 heterocycles. The molecule has 0 saturated heterocycles. The van der Waals surface area contributed by atoms with Gasteiger partial charge in [0.25, 0.3) is 0 Å². The molecule has 0 amide bonds. The molecule has 0 N–H and O–H groups in total. The van der Waals surface area contributed by atoms with Crippen molar-refractivity contribution in [1.82, 2.24) is 0 Å². The van der Waals surface area contributed by atoms with Crippen molar-refractivity contribution in [3.8, 4) is 17.2 Å². The van der Waals surface area contributed by atoms with Crippen LogP contribution in [0.5, 0.6) is 17.2 Å². The molecule has 2 rings (SSSR count). The maximum absolute atomic E-state index is 5.67. The van der Waals surface area contributed by atoms with Crippen LogP contribution in [0.1, 0.15) is 0 Å². The van der Waals surface area contributed by atoms with Crippen LogP contribution in [0.3, 0.4) is 0 Å². The molecule has 0 spiro atoms. The molecule has 2 aromatic rings. The number of para-hydroxylation sites is 1. The molecule has 2 nitrogen and oxygen atoms in total. The molecule has 0 bridgehead atoms. The molecule has 3 heteroatoms. The van der Waals surface area contributed by atoms with Crippen LogP contribution >= 0.6 is 15.9 Å². The largest absolute Gasteiger partial charge is 0.496 e. The van der Waals surface area contributed by atoms with Crippen LogP contribution in [0, 0.1) is 0 Å². The van der Waals surface area contributed by atoms with Gasteiger partial charge in [0.05, 0.1) is 11.6 Å². The van der Waals surface area contributed by atoms with Crippen LogP contribution in [0.4, 0.5) is 0 Å². The predicted molar refractivity (Wildman–Crippen MR) is 67.2 cm³/mol. The van der Waals surface area contributed by atoms with Crippen LogP contribution in [0.2, 0.25) is 0 Å². The Labute approximate surface area is 103 Å². The van der Waals surface area contributed by atoms with Crippen LogP contribution in [0.15, 0.2) is 53.0 Å². The SMILES string of the molecule is COc1ccc(Oc2ccccc2)cc1Br. The molecule has 82 valence electrons. The zero-order valence-corrected chi connectivity index (χ0v) is 10.4. The summed E-state index contributed by atoms with van der Waals surface area (Å²) in [5.41, 5.74) is 0. The second-order valence-electron chi connectivity index (χ2n) is 3.21. The minimum Gasteiger partial charge on any atom is -0.496 e. The number of hydrogen-bond acceptors (Lipinski definition) is 2. The minimum atomic E-state index is 0.777. The van der Waals surface area contributed by atoms with E-state index in [2.05, 4.69) is 15.9 Å². The zero-order valence-electron chi connectivity index (χ0n) is 8.81. The molecule has 0 aliphatic heterocycles. The molecule has 2 aromatic carbocycles. The summed E-state index contributed by atoms with van der Waals surface area (Å²) in [6, 6.07) is 15.3. The third kappa shape index (κ3) is 2.55. The van der Waals surface area contributed by atoms with Crippen molar-refractivity contribution in [3.63, 3.8) is 0 Å². The average molecular weight is 279 g/mol. The molecule has 0 aliphatic rings. The highest BCUT2D eigenvalue weighted by molar-refractivity contribution is 9.10. The molecule has 0 aliphatic carbocycles. The van der Waals surface area contributed by atoms with E-state index in [1.54, 1.807) is 7.11 Å². The first-order valence-corrected chi connectivity index (χ1v) is 5.65. The summed E-state index contributed by atoms with van der Waals surface area (Å²) >= 11 is 3.42. The van der Waals surface area contributed by atoms with Gasteiger partial charge in [-0.2, -0.15) is 0 Å². The zero-order chi connectivity index (χ0) is 11.4. The quantitative estimate of drug-likeness (QED) is 0.836. The van der Waals surface area contributed by atoms with Crippen LogP contribution < -0.4 is 9.47 Å². The second kappa shape index (κ2) is 5.03. The number of ether oxygens (including phenoxy) is 2. The fourth-order valence-corrected chi connectivity index (χ4v) is 1.85. The van der Waals surface area contributed by atoms with Gasteiger partial charge in [0.15, 0.2) is 0 Å². The topological polar surface area (TPSA) is 18.5 Å². The Balaban J connectivity index is 2.20. The van der Waals surface area contributed by atoms with Crippen molar-refractivity contribution in [2.24, 2.45) is 0 Å². The summed E-state index contributed by atoms with van der Waals surface area (Å²) in [7, 11) is 1.64. The highest BCUT2D eigenvalue weighted by Crippen LogP contribution is 2.31. The first kappa shape index (κ1) is 11.0. The molecule has 0 atom stereocenters. The molecular formula is C13H11BrO2.